The van der Waals surface area contributed by atoms with Gasteiger partial charge >= 0.3 is 0 Å². The van der Waals surface area contributed by atoms with Crippen molar-refractivity contribution in [1.82, 2.24) is 4.57 Å². The molecule has 4 rings (SSSR count). The summed E-state index contributed by atoms with van der Waals surface area (Å²) >= 11 is 1.10. The number of ether oxygens (including phenoxy) is 4. The number of aromatic nitrogens is 1. The third-order valence-corrected chi connectivity index (χ3v) is 6.97. The van der Waals surface area contributed by atoms with Gasteiger partial charge in [0.2, 0.25) is 0 Å². The van der Waals surface area contributed by atoms with Crippen LogP contribution in [0.5, 0.6) is 23.0 Å². The van der Waals surface area contributed by atoms with Gasteiger partial charge in [0.1, 0.15) is 33.5 Å². The highest BCUT2D eigenvalue weighted by molar-refractivity contribution is 7.07. The van der Waals surface area contributed by atoms with Crippen molar-refractivity contribution in [2.24, 2.45) is 5.73 Å². The van der Waals surface area contributed by atoms with Crippen LogP contribution in [0.4, 0.5) is 0 Å². The Bertz CT molecular complexity index is 1650. The predicted octanol–water partition coefficient (Wildman–Crippen LogP) is 1.90. The molecule has 0 bridgehead atoms. The fourth-order valence-electron chi connectivity index (χ4n) is 4.12. The Kier molecular flexibility index (Phi) is 6.73. The first-order valence-corrected chi connectivity index (χ1v) is 11.5. The summed E-state index contributed by atoms with van der Waals surface area (Å²) in [4.78, 5) is 13.5. The topological polar surface area (TPSA) is 133 Å². The van der Waals surface area contributed by atoms with Gasteiger partial charge < -0.3 is 24.7 Å². The van der Waals surface area contributed by atoms with E-state index in [1.54, 1.807) is 49.6 Å². The van der Waals surface area contributed by atoms with Crippen LogP contribution in [0.15, 0.2) is 46.8 Å². The Morgan fingerprint density at radius 2 is 1.53 bits per heavy atom. The molecule has 2 aromatic carbocycles. The van der Waals surface area contributed by atoms with E-state index < -0.39 is 11.5 Å². The Morgan fingerprint density at radius 1 is 0.917 bits per heavy atom. The number of thiazole rings is 1. The molecular formula is C26H22N4O5S. The normalized spacial score (nSPS) is 15.1. The molecular weight excluding hydrogens is 480 g/mol. The third-order valence-electron chi connectivity index (χ3n) is 5.86. The lowest BCUT2D eigenvalue weighted by Gasteiger charge is -2.24. The standard InChI is InChI=1S/C26H22N4O5S/c1-32-15-5-7-20(34-3)14(9-15)10-22-25(31)30-24(29)18(12-27)23(19(13-28)26(30)36-22)17-11-16(33-2)6-8-21(17)35-4/h5-11,23H,29H2,1-4H3/b22-10+. The van der Waals surface area contributed by atoms with Gasteiger partial charge in [0.05, 0.1) is 62.2 Å². The maximum absolute atomic E-state index is 13.5. The number of allylic oxidation sites excluding steroid dienone is 1. The number of hydrogen-bond acceptors (Lipinski definition) is 9. The molecule has 182 valence electrons. The summed E-state index contributed by atoms with van der Waals surface area (Å²) in [6.45, 7) is 0. The van der Waals surface area contributed by atoms with E-state index in [9.17, 15) is 15.3 Å². The molecule has 36 heavy (non-hydrogen) atoms. The summed E-state index contributed by atoms with van der Waals surface area (Å²) in [5.41, 5.74) is 7.35. The molecule has 1 unspecified atom stereocenters. The molecule has 1 aromatic heterocycles. The number of methoxy groups -OCH3 is 4. The van der Waals surface area contributed by atoms with E-state index in [1.165, 1.54) is 25.9 Å². The lowest BCUT2D eigenvalue weighted by molar-refractivity contribution is 0.398. The minimum absolute atomic E-state index is 0.0418. The van der Waals surface area contributed by atoms with E-state index in [2.05, 4.69) is 12.1 Å². The number of nitriles is 2. The van der Waals surface area contributed by atoms with Crippen LogP contribution in [0.1, 0.15) is 17.0 Å². The van der Waals surface area contributed by atoms with Crippen molar-refractivity contribution in [2.45, 2.75) is 5.92 Å². The van der Waals surface area contributed by atoms with Crippen molar-refractivity contribution in [3.8, 4) is 35.1 Å². The molecule has 0 aliphatic carbocycles. The Balaban J connectivity index is 2.08. The zero-order chi connectivity index (χ0) is 26.0. The van der Waals surface area contributed by atoms with Gasteiger partial charge in [-0.15, -0.1) is 11.3 Å². The fourth-order valence-corrected chi connectivity index (χ4v) is 5.24. The molecule has 0 spiro atoms. The van der Waals surface area contributed by atoms with Gasteiger partial charge in [0, 0.05) is 11.1 Å². The van der Waals surface area contributed by atoms with Crippen LogP contribution in [-0.4, -0.2) is 33.0 Å². The first kappa shape index (κ1) is 24.5. The van der Waals surface area contributed by atoms with Crippen LogP contribution in [0.3, 0.4) is 0 Å². The van der Waals surface area contributed by atoms with E-state index in [1.807, 2.05) is 0 Å². The summed E-state index contributed by atoms with van der Waals surface area (Å²) < 4.78 is 23.4. The lowest BCUT2D eigenvalue weighted by Crippen LogP contribution is -2.38. The van der Waals surface area contributed by atoms with Crippen LogP contribution in [0.25, 0.3) is 17.5 Å². The largest absolute Gasteiger partial charge is 0.497 e. The van der Waals surface area contributed by atoms with Crippen LogP contribution in [0.2, 0.25) is 0 Å². The molecule has 9 nitrogen and oxygen atoms in total. The average molecular weight is 503 g/mol. The summed E-state index contributed by atoms with van der Waals surface area (Å²) in [6.07, 6.45) is 1.65. The second-order valence-corrected chi connectivity index (χ2v) is 8.67. The number of nitrogens with zero attached hydrogens (tertiary/aromatic N) is 3. The maximum Gasteiger partial charge on any atom is 0.274 e. The van der Waals surface area contributed by atoms with Gasteiger partial charge in [-0.3, -0.25) is 9.36 Å². The molecule has 0 saturated heterocycles. The first-order chi connectivity index (χ1) is 17.4. The number of fused-ring (bicyclic) bond motifs is 1. The van der Waals surface area contributed by atoms with E-state index in [0.717, 1.165) is 11.3 Å². The van der Waals surface area contributed by atoms with Gasteiger partial charge in [-0.05, 0) is 42.5 Å². The molecule has 1 atom stereocenters. The lowest BCUT2D eigenvalue weighted by atomic mass is 9.84. The Hall–Kier alpha value is -4.67. The minimum Gasteiger partial charge on any atom is -0.497 e. The van der Waals surface area contributed by atoms with Gasteiger partial charge in [0.15, 0.2) is 0 Å². The van der Waals surface area contributed by atoms with Crippen LogP contribution in [-0.2, 0) is 0 Å². The summed E-state index contributed by atoms with van der Waals surface area (Å²) in [5, 5.41) is 20.3. The summed E-state index contributed by atoms with van der Waals surface area (Å²) in [5.74, 6) is 1.21. The molecule has 1 aliphatic heterocycles. The second kappa shape index (κ2) is 9.90. The second-order valence-electron chi connectivity index (χ2n) is 7.64. The van der Waals surface area contributed by atoms with E-state index in [4.69, 9.17) is 24.7 Å². The molecule has 2 N–H and O–H groups in total. The molecule has 2 heterocycles. The van der Waals surface area contributed by atoms with E-state index in [-0.39, 0.29) is 17.0 Å². The smallest absolute Gasteiger partial charge is 0.274 e. The Morgan fingerprint density at radius 3 is 2.11 bits per heavy atom. The highest BCUT2D eigenvalue weighted by atomic mass is 32.1. The molecule has 0 amide bonds. The fraction of sp³-hybridized carbons (Fsp3) is 0.192. The summed E-state index contributed by atoms with van der Waals surface area (Å²) in [7, 11) is 6.08. The maximum atomic E-state index is 13.5. The molecule has 3 aromatic rings. The zero-order valence-corrected chi connectivity index (χ0v) is 20.8. The number of rotatable bonds is 6. The molecule has 1 aliphatic rings. The van der Waals surface area contributed by atoms with Crippen molar-refractivity contribution in [2.75, 3.05) is 28.4 Å². The number of benzene rings is 2. The SMILES string of the molecule is COc1ccc(OC)c(/C=c2/sc3n(c2=O)C(N)=C(C#N)C(c2cc(OC)ccc2OC)C=3C#N)c1. The predicted molar refractivity (Wildman–Crippen MR) is 135 cm³/mol. The summed E-state index contributed by atoms with van der Waals surface area (Å²) in [6, 6.07) is 14.6. The van der Waals surface area contributed by atoms with Crippen LogP contribution < -0.4 is 39.4 Å². The molecule has 0 fully saturated rings. The van der Waals surface area contributed by atoms with Crippen LogP contribution >= 0.6 is 11.3 Å². The monoisotopic (exact) mass is 502 g/mol. The van der Waals surface area contributed by atoms with E-state index >= 15 is 0 Å². The van der Waals surface area contributed by atoms with Crippen molar-refractivity contribution in [3.63, 3.8) is 0 Å². The van der Waals surface area contributed by atoms with Crippen molar-refractivity contribution < 1.29 is 18.9 Å². The van der Waals surface area contributed by atoms with Gasteiger partial charge in [0.25, 0.3) is 5.56 Å². The molecule has 0 saturated carbocycles. The first-order valence-electron chi connectivity index (χ1n) is 10.6. The minimum atomic E-state index is -0.845. The van der Waals surface area contributed by atoms with Crippen LogP contribution in [0, 0.1) is 22.7 Å². The quantitative estimate of drug-likeness (QED) is 0.540. The average Bonchev–Trinajstić information content (AvgIpc) is 3.23. The van der Waals surface area contributed by atoms with Crippen molar-refractivity contribution >= 4 is 28.8 Å². The van der Waals surface area contributed by atoms with Gasteiger partial charge in [-0.1, -0.05) is 0 Å². The highest BCUT2D eigenvalue weighted by Crippen LogP contribution is 2.41. The third kappa shape index (κ3) is 3.94. The highest BCUT2D eigenvalue weighted by Gasteiger charge is 2.34. The van der Waals surface area contributed by atoms with Crippen molar-refractivity contribution in [3.05, 3.63) is 72.6 Å². The van der Waals surface area contributed by atoms with Gasteiger partial charge in [-0.25, -0.2) is 0 Å². The zero-order valence-electron chi connectivity index (χ0n) is 20.0. The molecule has 10 heteroatoms. The van der Waals surface area contributed by atoms with E-state index in [0.29, 0.717) is 43.3 Å². The number of hydrogen-bond donors (Lipinski definition) is 1. The molecule has 0 radical (unpaired) electrons. The van der Waals surface area contributed by atoms with Gasteiger partial charge in [-0.2, -0.15) is 10.5 Å². The number of nitrogens with two attached hydrogens (primary N) is 1. The Labute approximate surface area is 210 Å². The van der Waals surface area contributed by atoms with Crippen molar-refractivity contribution in [1.29, 1.82) is 10.5 Å².